The van der Waals surface area contributed by atoms with Gasteiger partial charge in [-0.1, -0.05) is 41.9 Å². The second-order valence-corrected chi connectivity index (χ2v) is 5.92. The van der Waals surface area contributed by atoms with Gasteiger partial charge in [-0.25, -0.2) is 0 Å². The first-order valence-electron chi connectivity index (χ1n) is 7.37. The summed E-state index contributed by atoms with van der Waals surface area (Å²) in [6.07, 6.45) is 0. The minimum absolute atomic E-state index is 0.137. The normalized spacial score (nSPS) is 15.8. The van der Waals surface area contributed by atoms with Gasteiger partial charge in [0.15, 0.2) is 17.5 Å². The van der Waals surface area contributed by atoms with E-state index in [-0.39, 0.29) is 11.1 Å². The molecule has 3 rings (SSSR count). The monoisotopic (exact) mass is 357 g/mol. The summed E-state index contributed by atoms with van der Waals surface area (Å²) in [7, 11) is 0. The molecule has 0 bridgehead atoms. The number of nitrogens with one attached hydrogen (secondary N) is 1. The van der Waals surface area contributed by atoms with E-state index in [9.17, 15) is 19.2 Å². The molecule has 2 N–H and O–H groups in total. The summed E-state index contributed by atoms with van der Waals surface area (Å²) in [5.74, 6) is -4.99. The molecular formula is C18H12ClNO5. The van der Waals surface area contributed by atoms with E-state index >= 15 is 0 Å². The molecule has 2 aromatic rings. The van der Waals surface area contributed by atoms with E-state index in [1.54, 1.807) is 30.3 Å². The zero-order chi connectivity index (χ0) is 18.1. The largest absolute Gasteiger partial charge is 0.480 e. The summed E-state index contributed by atoms with van der Waals surface area (Å²) in [6.45, 7) is -0.656. The Balaban J connectivity index is 1.95. The van der Waals surface area contributed by atoms with Gasteiger partial charge in [-0.3, -0.25) is 19.2 Å². The highest BCUT2D eigenvalue weighted by molar-refractivity contribution is 6.36. The van der Waals surface area contributed by atoms with Crippen LogP contribution in [-0.2, 0) is 9.59 Å². The van der Waals surface area contributed by atoms with Gasteiger partial charge in [0.1, 0.15) is 6.54 Å². The smallest absolute Gasteiger partial charge is 0.322 e. The molecule has 6 nitrogen and oxygen atoms in total. The van der Waals surface area contributed by atoms with Crippen LogP contribution in [0.1, 0.15) is 20.7 Å². The first kappa shape index (κ1) is 16.9. The molecule has 0 radical (unpaired) electrons. The lowest BCUT2D eigenvalue weighted by Crippen LogP contribution is -2.39. The van der Waals surface area contributed by atoms with E-state index in [0.717, 1.165) is 0 Å². The minimum atomic E-state index is -1.55. The Bertz CT molecular complexity index is 921. The number of hydrogen-bond acceptors (Lipinski definition) is 4. The zero-order valence-corrected chi connectivity index (χ0v) is 13.5. The maximum absolute atomic E-state index is 12.5. The number of aliphatic carboxylic acids is 1. The maximum Gasteiger partial charge on any atom is 0.322 e. The number of fused-ring (bicyclic) bond motifs is 1. The highest BCUT2D eigenvalue weighted by Gasteiger charge is 2.43. The van der Waals surface area contributed by atoms with Crippen molar-refractivity contribution in [2.45, 2.75) is 0 Å². The lowest BCUT2D eigenvalue weighted by molar-refractivity contribution is -0.138. The molecule has 0 aliphatic heterocycles. The number of amides is 1. The van der Waals surface area contributed by atoms with Crippen molar-refractivity contribution in [3.05, 3.63) is 58.6 Å². The molecule has 1 aliphatic carbocycles. The predicted molar refractivity (Wildman–Crippen MR) is 89.7 cm³/mol. The second-order valence-electron chi connectivity index (χ2n) is 5.51. The highest BCUT2D eigenvalue weighted by atomic mass is 35.5. The Morgan fingerprint density at radius 1 is 1.00 bits per heavy atom. The molecule has 2 aromatic carbocycles. The van der Waals surface area contributed by atoms with Gasteiger partial charge in [-0.15, -0.1) is 0 Å². The molecule has 25 heavy (non-hydrogen) atoms. The number of carboxylic acids is 1. The minimum Gasteiger partial charge on any atom is -0.480 e. The van der Waals surface area contributed by atoms with E-state index in [1.165, 1.54) is 12.1 Å². The first-order valence-corrected chi connectivity index (χ1v) is 7.75. The van der Waals surface area contributed by atoms with E-state index in [2.05, 4.69) is 5.32 Å². The van der Waals surface area contributed by atoms with Gasteiger partial charge in [0.2, 0.25) is 5.91 Å². The van der Waals surface area contributed by atoms with Crippen molar-refractivity contribution >= 4 is 35.0 Å². The van der Waals surface area contributed by atoms with Crippen LogP contribution in [0.2, 0.25) is 5.02 Å². The molecule has 126 valence electrons. The molecular weight excluding hydrogens is 346 g/mol. The molecule has 0 spiro atoms. The van der Waals surface area contributed by atoms with Crippen LogP contribution in [0.3, 0.4) is 0 Å². The summed E-state index contributed by atoms with van der Waals surface area (Å²) >= 11 is 6.15. The first-order chi connectivity index (χ1) is 11.9. The number of benzene rings is 2. The molecule has 1 amide bonds. The Morgan fingerprint density at radius 2 is 1.68 bits per heavy atom. The van der Waals surface area contributed by atoms with Crippen LogP contribution >= 0.6 is 11.6 Å². The number of rotatable bonds is 4. The molecule has 1 atom stereocenters. The molecule has 0 heterocycles. The van der Waals surface area contributed by atoms with Crippen molar-refractivity contribution in [2.75, 3.05) is 6.54 Å². The van der Waals surface area contributed by atoms with Crippen LogP contribution in [0.5, 0.6) is 0 Å². The van der Waals surface area contributed by atoms with Gasteiger partial charge < -0.3 is 10.4 Å². The number of carbonyl (C=O) groups excluding carboxylic acids is 3. The van der Waals surface area contributed by atoms with Crippen LogP contribution in [-0.4, -0.2) is 35.1 Å². The molecule has 0 fully saturated rings. The van der Waals surface area contributed by atoms with E-state index < -0.39 is 35.9 Å². The summed E-state index contributed by atoms with van der Waals surface area (Å²) in [5.41, 5.74) is 1.64. The lowest BCUT2D eigenvalue weighted by Gasteiger charge is -2.06. The van der Waals surface area contributed by atoms with E-state index in [1.807, 2.05) is 0 Å². The fraction of sp³-hybridized carbons (Fsp3) is 0.111. The summed E-state index contributed by atoms with van der Waals surface area (Å²) in [5, 5.41) is 11.2. The van der Waals surface area contributed by atoms with Crippen LogP contribution in [0, 0.1) is 5.92 Å². The quantitative estimate of drug-likeness (QED) is 0.817. The molecule has 0 saturated heterocycles. The van der Waals surface area contributed by atoms with Gasteiger partial charge >= 0.3 is 5.97 Å². The van der Waals surface area contributed by atoms with E-state index in [4.69, 9.17) is 16.7 Å². The Morgan fingerprint density at radius 3 is 2.36 bits per heavy atom. The van der Waals surface area contributed by atoms with Crippen LogP contribution in [0.15, 0.2) is 42.5 Å². The van der Waals surface area contributed by atoms with Crippen molar-refractivity contribution in [1.82, 2.24) is 5.32 Å². The molecule has 0 saturated carbocycles. The maximum atomic E-state index is 12.5. The highest BCUT2D eigenvalue weighted by Crippen LogP contribution is 2.33. The summed E-state index contributed by atoms with van der Waals surface area (Å²) in [4.78, 5) is 47.4. The lowest BCUT2D eigenvalue weighted by atomic mass is 10.00. The van der Waals surface area contributed by atoms with Crippen molar-refractivity contribution < 1.29 is 24.3 Å². The number of carbonyl (C=O) groups is 4. The Hall–Kier alpha value is -2.99. The molecule has 1 aliphatic rings. The molecule has 1 unspecified atom stereocenters. The number of halogens is 1. The number of ketones is 2. The van der Waals surface area contributed by atoms with E-state index in [0.29, 0.717) is 16.1 Å². The number of Topliss-reactive ketones (excluding diaryl/α,β-unsaturated/α-hetero) is 2. The van der Waals surface area contributed by atoms with Crippen molar-refractivity contribution in [2.24, 2.45) is 5.92 Å². The fourth-order valence-electron chi connectivity index (χ4n) is 2.76. The van der Waals surface area contributed by atoms with Gasteiger partial charge in [0.05, 0.1) is 0 Å². The van der Waals surface area contributed by atoms with Crippen LogP contribution < -0.4 is 5.32 Å². The van der Waals surface area contributed by atoms with Gasteiger partial charge in [-0.05, 0) is 17.7 Å². The average Bonchev–Trinajstić information content (AvgIpc) is 2.84. The zero-order valence-electron chi connectivity index (χ0n) is 12.8. The predicted octanol–water partition coefficient (Wildman–Crippen LogP) is 2.20. The van der Waals surface area contributed by atoms with Gasteiger partial charge in [0, 0.05) is 21.7 Å². The average molecular weight is 358 g/mol. The standard InChI is InChI=1S/C18H12ClNO5/c19-13-4-2-1-3-10(13)9-5-6-11-12(7-9)17(24)15(16(11)23)18(25)20-8-14(21)22/h1-7,15H,8H2,(H,20,25)(H,21,22). The Labute approximate surface area is 147 Å². The van der Waals surface area contributed by atoms with Gasteiger partial charge in [0.25, 0.3) is 0 Å². The van der Waals surface area contributed by atoms with Crippen molar-refractivity contribution in [1.29, 1.82) is 0 Å². The van der Waals surface area contributed by atoms with Crippen LogP contribution in [0.25, 0.3) is 11.1 Å². The summed E-state index contributed by atoms with van der Waals surface area (Å²) < 4.78 is 0. The van der Waals surface area contributed by atoms with Crippen molar-refractivity contribution in [3.8, 4) is 11.1 Å². The van der Waals surface area contributed by atoms with Crippen LogP contribution in [0.4, 0.5) is 0 Å². The fourth-order valence-corrected chi connectivity index (χ4v) is 3.00. The third-order valence-electron chi connectivity index (χ3n) is 3.94. The Kier molecular flexibility index (Phi) is 4.37. The van der Waals surface area contributed by atoms with Gasteiger partial charge in [-0.2, -0.15) is 0 Å². The molecule has 0 aromatic heterocycles. The van der Waals surface area contributed by atoms with Crippen molar-refractivity contribution in [3.63, 3.8) is 0 Å². The molecule has 7 heteroatoms. The number of hydrogen-bond donors (Lipinski definition) is 2. The number of carboxylic acid groups (broad SMARTS) is 1. The third-order valence-corrected chi connectivity index (χ3v) is 4.27. The summed E-state index contributed by atoms with van der Waals surface area (Å²) in [6, 6.07) is 11.7. The second kappa shape index (κ2) is 6.49. The SMILES string of the molecule is O=C(O)CNC(=O)C1C(=O)c2ccc(-c3ccccc3Cl)cc2C1=O. The topological polar surface area (TPSA) is 101 Å². The third kappa shape index (κ3) is 3.04.